The van der Waals surface area contributed by atoms with E-state index in [1.165, 1.54) is 32.1 Å². The van der Waals surface area contributed by atoms with Gasteiger partial charge in [0.25, 0.3) is 0 Å². The van der Waals surface area contributed by atoms with Crippen LogP contribution in [0.5, 0.6) is 17.2 Å². The molecule has 4 nitrogen and oxygen atoms in total. The number of phenolic OH excluding ortho intramolecular Hbond substituents is 1. The Labute approximate surface area is 261 Å². The molecule has 4 aliphatic carbocycles. The SMILES string of the molecule is CC(C)C1(OC(=O)Cc2cc(I)c(Oc3cc(I)c(O)c(I)c3)c(I)c2)C2CC3CC(C2)CC1C3. The number of rotatable bonds is 6. The third-order valence-corrected chi connectivity index (χ3v) is 11.5. The highest BCUT2D eigenvalue weighted by molar-refractivity contribution is 14.1. The molecular formula is C27H28I4O4. The molecule has 0 unspecified atom stereocenters. The van der Waals surface area contributed by atoms with Gasteiger partial charge in [0, 0.05) is 0 Å². The average molecular weight is 924 g/mol. The Morgan fingerprint density at radius 2 is 1.43 bits per heavy atom. The summed E-state index contributed by atoms with van der Waals surface area (Å²) in [5.74, 6) is 4.69. The number of benzene rings is 2. The van der Waals surface area contributed by atoms with Crippen molar-refractivity contribution in [2.45, 2.75) is 58.0 Å². The van der Waals surface area contributed by atoms with Gasteiger partial charge in [0.15, 0.2) is 5.75 Å². The fraction of sp³-hybridized carbons (Fsp3) is 0.519. The first-order valence-electron chi connectivity index (χ1n) is 12.1. The maximum Gasteiger partial charge on any atom is 0.310 e. The predicted octanol–water partition coefficient (Wildman–Crippen LogP) is 8.54. The number of carbonyl (C=O) groups excluding carboxylic acids is 1. The Hall–Kier alpha value is 0.430. The summed E-state index contributed by atoms with van der Waals surface area (Å²) in [5.41, 5.74) is 0.662. The average Bonchev–Trinajstić information content (AvgIpc) is 2.76. The van der Waals surface area contributed by atoms with Crippen LogP contribution >= 0.6 is 90.4 Å². The van der Waals surface area contributed by atoms with Crippen molar-refractivity contribution in [3.8, 4) is 17.2 Å². The van der Waals surface area contributed by atoms with Crippen molar-refractivity contribution >= 4 is 96.3 Å². The maximum absolute atomic E-state index is 13.3. The molecule has 0 atom stereocenters. The molecule has 0 heterocycles. The number of aromatic hydroxyl groups is 1. The van der Waals surface area contributed by atoms with Crippen molar-refractivity contribution in [2.75, 3.05) is 0 Å². The summed E-state index contributed by atoms with van der Waals surface area (Å²) in [6.07, 6.45) is 6.60. The molecule has 188 valence electrons. The first kappa shape index (κ1) is 27.0. The van der Waals surface area contributed by atoms with Gasteiger partial charge in [-0.25, -0.2) is 0 Å². The lowest BCUT2D eigenvalue weighted by Crippen LogP contribution is -2.62. The van der Waals surface area contributed by atoms with Gasteiger partial charge >= 0.3 is 5.97 Å². The number of hydrogen-bond acceptors (Lipinski definition) is 4. The molecule has 6 rings (SSSR count). The van der Waals surface area contributed by atoms with Gasteiger partial charge in [-0.2, -0.15) is 0 Å². The number of ether oxygens (including phenoxy) is 2. The molecule has 35 heavy (non-hydrogen) atoms. The zero-order valence-electron chi connectivity index (χ0n) is 19.6. The van der Waals surface area contributed by atoms with E-state index in [0.717, 1.165) is 37.4 Å². The smallest absolute Gasteiger partial charge is 0.310 e. The van der Waals surface area contributed by atoms with Crippen LogP contribution in [-0.4, -0.2) is 16.7 Å². The summed E-state index contributed by atoms with van der Waals surface area (Å²) in [6.45, 7) is 4.50. The molecule has 4 fully saturated rings. The normalized spacial score (nSPS) is 29.0. The minimum Gasteiger partial charge on any atom is -0.506 e. The molecule has 0 spiro atoms. The Kier molecular flexibility index (Phi) is 8.13. The van der Waals surface area contributed by atoms with Crippen LogP contribution in [-0.2, 0) is 16.0 Å². The molecule has 0 aromatic heterocycles. The Morgan fingerprint density at radius 1 is 0.914 bits per heavy atom. The second-order valence-corrected chi connectivity index (χ2v) is 15.3. The first-order chi connectivity index (χ1) is 16.6. The van der Waals surface area contributed by atoms with Crippen LogP contribution < -0.4 is 4.74 Å². The Morgan fingerprint density at radius 3 is 1.91 bits per heavy atom. The van der Waals surface area contributed by atoms with E-state index in [0.29, 0.717) is 23.5 Å². The predicted molar refractivity (Wildman–Crippen MR) is 170 cm³/mol. The molecule has 2 aromatic carbocycles. The summed E-state index contributed by atoms with van der Waals surface area (Å²) in [4.78, 5) is 13.3. The van der Waals surface area contributed by atoms with Crippen LogP contribution in [0.3, 0.4) is 0 Å². The van der Waals surface area contributed by atoms with Crippen molar-refractivity contribution < 1.29 is 19.4 Å². The fourth-order valence-corrected chi connectivity index (χ4v) is 10.9. The largest absolute Gasteiger partial charge is 0.506 e. The third kappa shape index (κ3) is 5.20. The lowest BCUT2D eigenvalue weighted by Gasteiger charge is -2.61. The second kappa shape index (κ2) is 10.5. The first-order valence-corrected chi connectivity index (χ1v) is 16.4. The number of hydrogen-bond donors (Lipinski definition) is 1. The van der Waals surface area contributed by atoms with Crippen LogP contribution in [0, 0.1) is 43.9 Å². The molecule has 0 amide bonds. The standard InChI is InChI=1S/C27H28I4O4/c1-13(2)27(17-4-14-3-15(6-17)7-18(27)5-14)35-24(32)10-16-8-22(30)26(23(31)9-16)34-19-11-20(28)25(33)21(29)12-19/h8-9,11-15,17-18,33H,3-7,10H2,1-2H3. The van der Waals surface area contributed by atoms with E-state index in [9.17, 15) is 9.90 Å². The van der Waals surface area contributed by atoms with Crippen molar-refractivity contribution in [1.82, 2.24) is 0 Å². The minimum atomic E-state index is -0.291. The van der Waals surface area contributed by atoms with Crippen LogP contribution in [0.4, 0.5) is 0 Å². The lowest BCUT2D eigenvalue weighted by atomic mass is 9.47. The highest BCUT2D eigenvalue weighted by atomic mass is 127. The van der Waals surface area contributed by atoms with Crippen LogP contribution in [0.2, 0.25) is 0 Å². The summed E-state index contributed by atoms with van der Waals surface area (Å²) in [5, 5.41) is 10.0. The molecule has 4 saturated carbocycles. The molecule has 4 aliphatic rings. The summed E-state index contributed by atoms with van der Waals surface area (Å²) < 4.78 is 16.1. The molecule has 2 aromatic rings. The number of phenols is 1. The maximum atomic E-state index is 13.3. The van der Waals surface area contributed by atoms with Crippen LogP contribution in [0.25, 0.3) is 0 Å². The minimum absolute atomic E-state index is 0.103. The van der Waals surface area contributed by atoms with Crippen molar-refractivity contribution in [3.05, 3.63) is 44.1 Å². The monoisotopic (exact) mass is 924 g/mol. The van der Waals surface area contributed by atoms with Crippen molar-refractivity contribution in [1.29, 1.82) is 0 Å². The molecule has 1 N–H and O–H groups in total. The lowest BCUT2D eigenvalue weighted by molar-refractivity contribution is -0.224. The Balaban J connectivity index is 1.33. The molecular weight excluding hydrogens is 896 g/mol. The zero-order chi connectivity index (χ0) is 25.1. The zero-order valence-corrected chi connectivity index (χ0v) is 28.3. The second-order valence-electron chi connectivity index (χ2n) is 10.7. The van der Waals surface area contributed by atoms with E-state index in [1.54, 1.807) is 0 Å². The van der Waals surface area contributed by atoms with Gasteiger partial charge in [0.2, 0.25) is 0 Å². The number of carbonyl (C=O) groups is 1. The van der Waals surface area contributed by atoms with Crippen molar-refractivity contribution in [2.24, 2.45) is 29.6 Å². The highest BCUT2D eigenvalue weighted by Crippen LogP contribution is 2.61. The molecule has 0 radical (unpaired) electrons. The summed E-state index contributed by atoms with van der Waals surface area (Å²) in [7, 11) is 0. The van der Waals surface area contributed by atoms with Gasteiger partial charge in [-0.1, -0.05) is 13.8 Å². The molecule has 8 heteroatoms. The van der Waals surface area contributed by atoms with Crippen LogP contribution in [0.1, 0.15) is 51.5 Å². The van der Waals surface area contributed by atoms with Gasteiger partial charge in [0.05, 0.1) is 20.7 Å². The highest BCUT2D eigenvalue weighted by Gasteiger charge is 2.60. The van der Waals surface area contributed by atoms with Crippen LogP contribution in [0.15, 0.2) is 24.3 Å². The van der Waals surface area contributed by atoms with E-state index in [2.05, 4.69) is 104 Å². The van der Waals surface area contributed by atoms with E-state index < -0.39 is 0 Å². The van der Waals surface area contributed by atoms with E-state index in [4.69, 9.17) is 9.47 Å². The third-order valence-electron chi connectivity index (χ3n) is 8.22. The van der Waals surface area contributed by atoms with Gasteiger partial charge in [-0.15, -0.1) is 0 Å². The van der Waals surface area contributed by atoms with E-state index >= 15 is 0 Å². The summed E-state index contributed by atoms with van der Waals surface area (Å²) >= 11 is 8.75. The number of halogens is 4. The summed E-state index contributed by atoms with van der Waals surface area (Å²) in [6, 6.07) is 7.70. The van der Waals surface area contributed by atoms with Gasteiger partial charge in [-0.3, -0.25) is 4.79 Å². The van der Waals surface area contributed by atoms with Gasteiger partial charge < -0.3 is 14.6 Å². The molecule has 4 bridgehead atoms. The van der Waals surface area contributed by atoms with E-state index in [1.807, 2.05) is 24.3 Å². The molecule has 0 saturated heterocycles. The fourth-order valence-electron chi connectivity index (χ4n) is 7.08. The van der Waals surface area contributed by atoms with Gasteiger partial charge in [-0.05, 0) is 182 Å². The quantitative estimate of drug-likeness (QED) is 0.233. The van der Waals surface area contributed by atoms with Gasteiger partial charge in [0.1, 0.15) is 17.1 Å². The topological polar surface area (TPSA) is 55.8 Å². The van der Waals surface area contributed by atoms with Crippen molar-refractivity contribution in [3.63, 3.8) is 0 Å². The molecule has 0 aliphatic heterocycles. The Bertz CT molecular complexity index is 1090. The van der Waals surface area contributed by atoms with E-state index in [-0.39, 0.29) is 23.7 Å². The number of esters is 1.